The summed E-state index contributed by atoms with van der Waals surface area (Å²) in [5.74, 6) is -0.701. The summed E-state index contributed by atoms with van der Waals surface area (Å²) in [6.45, 7) is 5.55. The van der Waals surface area contributed by atoms with Crippen molar-refractivity contribution in [2.45, 2.75) is 13.8 Å². The van der Waals surface area contributed by atoms with Crippen LogP contribution in [0.1, 0.15) is 29.8 Å². The molecule has 0 spiro atoms. The van der Waals surface area contributed by atoms with E-state index in [2.05, 4.69) is 0 Å². The summed E-state index contributed by atoms with van der Waals surface area (Å²) in [6.07, 6.45) is 1.28. The molecule has 0 fully saturated rings. The molecule has 0 aliphatic rings. The minimum Gasteiger partial charge on any atom is -0.507 e. The molecule has 7 heteroatoms. The van der Waals surface area contributed by atoms with Gasteiger partial charge in [0, 0.05) is 48.1 Å². The molecule has 7 nitrogen and oxygen atoms in total. The molecule has 0 bridgehead atoms. The smallest absolute Gasteiger partial charge is 0.270 e. The lowest BCUT2D eigenvalue weighted by atomic mass is 10.0. The van der Waals surface area contributed by atoms with Crippen LogP contribution >= 0.6 is 0 Å². The second-order valence-corrected chi connectivity index (χ2v) is 5.72. The topological polar surface area (TPSA) is 107 Å². The Bertz CT molecular complexity index is 940. The third-order valence-electron chi connectivity index (χ3n) is 4.13. The highest BCUT2D eigenvalue weighted by Crippen LogP contribution is 2.27. The van der Waals surface area contributed by atoms with Gasteiger partial charge in [-0.05, 0) is 32.1 Å². The first-order chi connectivity index (χ1) is 12.9. The number of aromatic hydroxyl groups is 1. The van der Waals surface area contributed by atoms with Gasteiger partial charge in [-0.15, -0.1) is 0 Å². The molecule has 0 saturated heterocycles. The first-order valence-electron chi connectivity index (χ1n) is 8.40. The first kappa shape index (κ1) is 19.7. The maximum absolute atomic E-state index is 12.5. The number of carbonyl (C=O) groups is 1. The van der Waals surface area contributed by atoms with Crippen molar-refractivity contribution in [3.63, 3.8) is 0 Å². The van der Waals surface area contributed by atoms with E-state index in [0.29, 0.717) is 5.56 Å². The number of hydrogen-bond donors (Lipinski definition) is 1. The number of hydrogen-bond acceptors (Lipinski definition) is 6. The number of benzene rings is 2. The predicted molar refractivity (Wildman–Crippen MR) is 103 cm³/mol. The van der Waals surface area contributed by atoms with Crippen LogP contribution in [0.3, 0.4) is 0 Å². The highest BCUT2D eigenvalue weighted by Gasteiger charge is 2.16. The summed E-state index contributed by atoms with van der Waals surface area (Å²) in [5.41, 5.74) is 0.738. The number of rotatable bonds is 7. The number of nitro groups is 1. The van der Waals surface area contributed by atoms with E-state index in [1.165, 1.54) is 24.3 Å². The summed E-state index contributed by atoms with van der Waals surface area (Å²) < 4.78 is 0. The minimum atomic E-state index is -0.645. The third-order valence-corrected chi connectivity index (χ3v) is 4.13. The number of anilines is 1. The molecule has 0 heterocycles. The van der Waals surface area contributed by atoms with Crippen LogP contribution in [0.5, 0.6) is 5.75 Å². The highest BCUT2D eigenvalue weighted by atomic mass is 16.6. The van der Waals surface area contributed by atoms with Gasteiger partial charge in [-0.25, -0.2) is 0 Å². The van der Waals surface area contributed by atoms with E-state index in [1.54, 1.807) is 24.3 Å². The van der Waals surface area contributed by atoms with Crippen LogP contribution in [-0.4, -0.2) is 28.9 Å². The van der Waals surface area contributed by atoms with Gasteiger partial charge in [-0.2, -0.15) is 5.26 Å². The molecule has 1 N–H and O–H groups in total. The molecule has 0 radical (unpaired) electrons. The van der Waals surface area contributed by atoms with Gasteiger partial charge in [-0.3, -0.25) is 14.9 Å². The molecule has 0 aliphatic carbocycles. The summed E-state index contributed by atoms with van der Waals surface area (Å²) in [7, 11) is 0. The third kappa shape index (κ3) is 4.50. The molecule has 27 heavy (non-hydrogen) atoms. The van der Waals surface area contributed by atoms with E-state index in [9.17, 15) is 25.3 Å². The van der Waals surface area contributed by atoms with Crippen molar-refractivity contribution in [1.29, 1.82) is 5.26 Å². The number of phenols is 1. The van der Waals surface area contributed by atoms with E-state index >= 15 is 0 Å². The molecule has 2 aromatic rings. The Hall–Kier alpha value is -3.66. The van der Waals surface area contributed by atoms with Crippen molar-refractivity contribution in [1.82, 2.24) is 0 Å². The number of allylic oxidation sites excluding steroid dienone is 1. The fourth-order valence-corrected chi connectivity index (χ4v) is 2.66. The Morgan fingerprint density at radius 1 is 1.26 bits per heavy atom. The number of phenolic OH excluding ortho intramolecular Hbond substituents is 1. The van der Waals surface area contributed by atoms with Crippen molar-refractivity contribution >= 4 is 23.2 Å². The lowest BCUT2D eigenvalue weighted by Gasteiger charge is -2.21. The van der Waals surface area contributed by atoms with Gasteiger partial charge in [0.2, 0.25) is 5.78 Å². The van der Waals surface area contributed by atoms with Gasteiger partial charge in [0.25, 0.3) is 5.69 Å². The van der Waals surface area contributed by atoms with E-state index in [0.717, 1.165) is 24.8 Å². The maximum atomic E-state index is 12.5. The quantitative estimate of drug-likeness (QED) is 0.262. The van der Waals surface area contributed by atoms with E-state index in [-0.39, 0.29) is 22.6 Å². The molecule has 0 aromatic heterocycles. The number of nitrogens with zero attached hydrogens (tertiary/aromatic N) is 3. The monoisotopic (exact) mass is 365 g/mol. The molecule has 0 amide bonds. The number of ketones is 1. The lowest BCUT2D eigenvalue weighted by molar-refractivity contribution is -0.384. The van der Waals surface area contributed by atoms with Gasteiger partial charge < -0.3 is 10.0 Å². The molecule has 2 rings (SSSR count). The summed E-state index contributed by atoms with van der Waals surface area (Å²) in [4.78, 5) is 24.8. The molecule has 138 valence electrons. The van der Waals surface area contributed by atoms with Gasteiger partial charge in [0.15, 0.2) is 0 Å². The standard InChI is InChI=1S/C20H19N3O4/c1-3-22(4-2)17-9-8-14(19(24)12-17)10-16(13-21)20(25)15-6-5-7-18(11-15)23(26)27/h5-12,24H,3-4H2,1-2H3/b16-10+. The number of nitro benzene ring substituents is 1. The first-order valence-corrected chi connectivity index (χ1v) is 8.40. The Morgan fingerprint density at radius 2 is 1.96 bits per heavy atom. The van der Waals surface area contributed by atoms with Crippen LogP contribution < -0.4 is 4.90 Å². The van der Waals surface area contributed by atoms with Gasteiger partial charge >= 0.3 is 0 Å². The van der Waals surface area contributed by atoms with Crippen LogP contribution in [0, 0.1) is 21.4 Å². The molecular formula is C20H19N3O4. The SMILES string of the molecule is CCN(CC)c1ccc(/C=C(\C#N)C(=O)c2cccc([N+](=O)[O-])c2)c(O)c1. The largest absolute Gasteiger partial charge is 0.507 e. The average molecular weight is 365 g/mol. The summed E-state index contributed by atoms with van der Waals surface area (Å²) in [6, 6.07) is 12.0. The van der Waals surface area contributed by atoms with E-state index in [1.807, 2.05) is 18.7 Å². The summed E-state index contributed by atoms with van der Waals surface area (Å²) >= 11 is 0. The number of carbonyl (C=O) groups excluding carboxylic acids is 1. The Kier molecular flexibility index (Phi) is 6.28. The van der Waals surface area contributed by atoms with Crippen LogP contribution in [0.2, 0.25) is 0 Å². The second kappa shape index (κ2) is 8.63. The second-order valence-electron chi connectivity index (χ2n) is 5.72. The number of Topliss-reactive ketones (excluding diaryl/α,β-unsaturated/α-hetero) is 1. The Balaban J connectivity index is 2.38. The molecule has 0 unspecified atom stereocenters. The van der Waals surface area contributed by atoms with Crippen molar-refractivity contribution in [3.05, 3.63) is 69.3 Å². The van der Waals surface area contributed by atoms with E-state index < -0.39 is 10.7 Å². The molecular weight excluding hydrogens is 346 g/mol. The van der Waals surface area contributed by atoms with Crippen molar-refractivity contribution < 1.29 is 14.8 Å². The normalized spacial score (nSPS) is 10.9. The van der Waals surface area contributed by atoms with Gasteiger partial charge in [-0.1, -0.05) is 12.1 Å². The Morgan fingerprint density at radius 3 is 2.52 bits per heavy atom. The number of nitriles is 1. The van der Waals surface area contributed by atoms with Crippen molar-refractivity contribution in [2.24, 2.45) is 0 Å². The van der Waals surface area contributed by atoms with Crippen molar-refractivity contribution in [2.75, 3.05) is 18.0 Å². The van der Waals surface area contributed by atoms with Crippen molar-refractivity contribution in [3.8, 4) is 11.8 Å². The average Bonchev–Trinajstić information content (AvgIpc) is 2.68. The van der Waals surface area contributed by atoms with Gasteiger partial charge in [0.05, 0.1) is 4.92 Å². The zero-order chi connectivity index (χ0) is 20.0. The molecule has 0 aliphatic heterocycles. The van der Waals surface area contributed by atoms with Crippen LogP contribution in [0.4, 0.5) is 11.4 Å². The minimum absolute atomic E-state index is 0.0382. The zero-order valence-electron chi connectivity index (χ0n) is 15.0. The van der Waals surface area contributed by atoms with Crippen LogP contribution in [0.15, 0.2) is 48.0 Å². The lowest BCUT2D eigenvalue weighted by Crippen LogP contribution is -2.21. The van der Waals surface area contributed by atoms with Crippen LogP contribution in [0.25, 0.3) is 6.08 Å². The van der Waals surface area contributed by atoms with Gasteiger partial charge in [0.1, 0.15) is 17.4 Å². The fourth-order valence-electron chi connectivity index (χ4n) is 2.66. The predicted octanol–water partition coefficient (Wildman–Crippen LogP) is 3.94. The maximum Gasteiger partial charge on any atom is 0.270 e. The van der Waals surface area contributed by atoms with Crippen LogP contribution in [-0.2, 0) is 0 Å². The zero-order valence-corrected chi connectivity index (χ0v) is 15.0. The fraction of sp³-hybridized carbons (Fsp3) is 0.200. The molecule has 2 aromatic carbocycles. The highest BCUT2D eigenvalue weighted by molar-refractivity contribution is 6.14. The number of non-ortho nitro benzene ring substituents is 1. The summed E-state index contributed by atoms with van der Waals surface area (Å²) in [5, 5.41) is 30.5. The Labute approximate surface area is 156 Å². The van der Waals surface area contributed by atoms with E-state index in [4.69, 9.17) is 0 Å². The molecule has 0 saturated carbocycles. The molecule has 0 atom stereocenters.